The van der Waals surface area contributed by atoms with Crippen molar-refractivity contribution in [3.8, 4) is 0 Å². The van der Waals surface area contributed by atoms with Gasteiger partial charge in [0.1, 0.15) is 5.82 Å². The van der Waals surface area contributed by atoms with Gasteiger partial charge in [0.05, 0.1) is 4.90 Å². The summed E-state index contributed by atoms with van der Waals surface area (Å²) < 4.78 is 31.1. The van der Waals surface area contributed by atoms with Crippen molar-refractivity contribution < 1.29 is 12.9 Å². The first kappa shape index (κ1) is 13.4. The Bertz CT molecular complexity index is 667. The number of nitrogens with zero attached hydrogens (tertiary/aromatic N) is 3. The number of nitrogens with one attached hydrogen (secondary N) is 1. The minimum atomic E-state index is -3.60. The maximum absolute atomic E-state index is 11.9. The highest BCUT2D eigenvalue weighted by Crippen LogP contribution is 2.09. The van der Waals surface area contributed by atoms with Crippen LogP contribution in [0.25, 0.3) is 0 Å². The molecule has 0 amide bonds. The number of anilines is 1. The Morgan fingerprint density at radius 1 is 1.47 bits per heavy atom. The smallest absolute Gasteiger partial charge is 0.240 e. The number of aryl methyl sites for hydroxylation is 1. The lowest BCUT2D eigenvalue weighted by molar-refractivity contribution is 0.387. The highest BCUT2D eigenvalue weighted by molar-refractivity contribution is 7.89. The highest BCUT2D eigenvalue weighted by Gasteiger charge is 2.14. The molecule has 102 valence electrons. The molecule has 2 rings (SSSR count). The molecule has 0 unspecified atom stereocenters. The molecule has 0 spiro atoms. The Balaban J connectivity index is 1.98. The number of aromatic nitrogens is 3. The van der Waals surface area contributed by atoms with Gasteiger partial charge in [-0.3, -0.25) is 0 Å². The predicted octanol–water partition coefficient (Wildman–Crippen LogP) is -0.124. The Kier molecular flexibility index (Phi) is 3.76. The number of nitrogen functional groups attached to an aromatic ring is 1. The molecule has 0 radical (unpaired) electrons. The molecule has 3 N–H and O–H groups in total. The van der Waals surface area contributed by atoms with Gasteiger partial charge in [0.25, 0.3) is 0 Å². The van der Waals surface area contributed by atoms with E-state index in [1.807, 2.05) is 0 Å². The third-order valence-electron chi connectivity index (χ3n) is 2.27. The average Bonchev–Trinajstić information content (AvgIpc) is 2.75. The lowest BCUT2D eigenvalue weighted by atomic mass is 10.4. The summed E-state index contributed by atoms with van der Waals surface area (Å²) in [5.41, 5.74) is 5.44. The van der Waals surface area contributed by atoms with Crippen LogP contribution in [0.2, 0.25) is 0 Å². The third-order valence-corrected chi connectivity index (χ3v) is 3.73. The van der Waals surface area contributed by atoms with Crippen LogP contribution in [0.15, 0.2) is 27.7 Å². The SMILES string of the molecule is Cc1nc(CCNS(=O)(=O)c2ccnc(N)c2)no1. The Morgan fingerprint density at radius 3 is 2.89 bits per heavy atom. The molecule has 2 aromatic rings. The van der Waals surface area contributed by atoms with E-state index in [4.69, 9.17) is 10.3 Å². The number of sulfonamides is 1. The van der Waals surface area contributed by atoms with Gasteiger partial charge in [0, 0.05) is 32.2 Å². The molecule has 0 atom stereocenters. The second-order valence-corrected chi connectivity index (χ2v) is 5.56. The maximum Gasteiger partial charge on any atom is 0.240 e. The molecule has 8 nitrogen and oxygen atoms in total. The van der Waals surface area contributed by atoms with Crippen LogP contribution in [0.3, 0.4) is 0 Å². The zero-order chi connectivity index (χ0) is 13.9. The van der Waals surface area contributed by atoms with Crippen LogP contribution in [0.1, 0.15) is 11.7 Å². The number of rotatable bonds is 5. The van der Waals surface area contributed by atoms with Gasteiger partial charge in [-0.15, -0.1) is 0 Å². The van der Waals surface area contributed by atoms with Crippen LogP contribution in [0.5, 0.6) is 0 Å². The van der Waals surface area contributed by atoms with Crippen molar-refractivity contribution in [2.75, 3.05) is 12.3 Å². The fourth-order valence-electron chi connectivity index (χ4n) is 1.42. The monoisotopic (exact) mass is 283 g/mol. The van der Waals surface area contributed by atoms with Gasteiger partial charge < -0.3 is 10.3 Å². The molecule has 19 heavy (non-hydrogen) atoms. The lowest BCUT2D eigenvalue weighted by Gasteiger charge is -2.05. The molecule has 2 aromatic heterocycles. The standard InChI is InChI=1S/C10H13N5O3S/c1-7-14-10(15-18-7)3-5-13-19(16,17)8-2-4-12-9(11)6-8/h2,4,6,13H,3,5H2,1H3,(H2,11,12). The number of nitrogens with two attached hydrogens (primary N) is 1. The topological polar surface area (TPSA) is 124 Å². The second-order valence-electron chi connectivity index (χ2n) is 3.79. The second kappa shape index (κ2) is 5.33. The molecule has 2 heterocycles. The van der Waals surface area contributed by atoms with E-state index in [1.165, 1.54) is 18.3 Å². The summed E-state index contributed by atoms with van der Waals surface area (Å²) in [6.07, 6.45) is 1.68. The molecule has 0 saturated carbocycles. The number of hydrogen-bond donors (Lipinski definition) is 2. The predicted molar refractivity (Wildman–Crippen MR) is 66.6 cm³/mol. The van der Waals surface area contributed by atoms with Crippen LogP contribution in [0, 0.1) is 6.92 Å². The number of hydrogen-bond acceptors (Lipinski definition) is 7. The van der Waals surface area contributed by atoms with Crippen LogP contribution < -0.4 is 10.5 Å². The molecular formula is C10H13N5O3S. The van der Waals surface area contributed by atoms with Crippen molar-refractivity contribution in [1.29, 1.82) is 0 Å². The fraction of sp³-hybridized carbons (Fsp3) is 0.300. The maximum atomic E-state index is 11.9. The van der Waals surface area contributed by atoms with Gasteiger partial charge in [0.15, 0.2) is 5.82 Å². The first-order valence-electron chi connectivity index (χ1n) is 5.48. The molecule has 0 fully saturated rings. The van der Waals surface area contributed by atoms with E-state index in [1.54, 1.807) is 6.92 Å². The molecule has 0 aliphatic heterocycles. The minimum absolute atomic E-state index is 0.0734. The van der Waals surface area contributed by atoms with Crippen LogP contribution >= 0.6 is 0 Å². The van der Waals surface area contributed by atoms with Crippen molar-refractivity contribution in [2.45, 2.75) is 18.2 Å². The molecule has 0 aromatic carbocycles. The number of pyridine rings is 1. The van der Waals surface area contributed by atoms with Crippen molar-refractivity contribution in [1.82, 2.24) is 19.8 Å². The molecular weight excluding hydrogens is 270 g/mol. The van der Waals surface area contributed by atoms with E-state index < -0.39 is 10.0 Å². The molecule has 0 aliphatic carbocycles. The van der Waals surface area contributed by atoms with Crippen LogP contribution in [-0.2, 0) is 16.4 Å². The van der Waals surface area contributed by atoms with E-state index >= 15 is 0 Å². The quantitative estimate of drug-likeness (QED) is 0.783. The summed E-state index contributed by atoms with van der Waals surface area (Å²) in [4.78, 5) is 7.79. The van der Waals surface area contributed by atoms with Gasteiger partial charge in [-0.25, -0.2) is 18.1 Å². The van der Waals surface area contributed by atoms with Gasteiger partial charge in [-0.2, -0.15) is 4.98 Å². The van der Waals surface area contributed by atoms with E-state index in [0.29, 0.717) is 18.1 Å². The zero-order valence-corrected chi connectivity index (χ0v) is 11.0. The van der Waals surface area contributed by atoms with E-state index in [9.17, 15) is 8.42 Å². The first-order chi connectivity index (χ1) is 8.97. The summed E-state index contributed by atoms with van der Waals surface area (Å²) >= 11 is 0. The summed E-state index contributed by atoms with van der Waals surface area (Å²) in [7, 11) is -3.60. The summed E-state index contributed by atoms with van der Waals surface area (Å²) in [5.74, 6) is 1.05. The Hall–Kier alpha value is -2.00. The van der Waals surface area contributed by atoms with E-state index in [-0.39, 0.29) is 17.3 Å². The van der Waals surface area contributed by atoms with Gasteiger partial charge in [-0.1, -0.05) is 5.16 Å². The van der Waals surface area contributed by atoms with Crippen molar-refractivity contribution in [3.63, 3.8) is 0 Å². The largest absolute Gasteiger partial charge is 0.384 e. The molecule has 9 heteroatoms. The van der Waals surface area contributed by atoms with Gasteiger partial charge in [0.2, 0.25) is 15.9 Å². The van der Waals surface area contributed by atoms with Gasteiger partial charge in [-0.05, 0) is 6.07 Å². The normalized spacial score (nSPS) is 11.6. The van der Waals surface area contributed by atoms with Gasteiger partial charge >= 0.3 is 0 Å². The highest BCUT2D eigenvalue weighted by atomic mass is 32.2. The minimum Gasteiger partial charge on any atom is -0.384 e. The molecule has 0 aliphatic rings. The average molecular weight is 283 g/mol. The summed E-state index contributed by atoms with van der Waals surface area (Å²) in [6, 6.07) is 2.66. The van der Waals surface area contributed by atoms with E-state index in [0.717, 1.165) is 0 Å². The lowest BCUT2D eigenvalue weighted by Crippen LogP contribution is -2.26. The van der Waals surface area contributed by atoms with Crippen LogP contribution in [0.4, 0.5) is 5.82 Å². The van der Waals surface area contributed by atoms with Crippen molar-refractivity contribution >= 4 is 15.8 Å². The fourth-order valence-corrected chi connectivity index (χ4v) is 2.47. The molecule has 0 bridgehead atoms. The Morgan fingerprint density at radius 2 is 2.26 bits per heavy atom. The van der Waals surface area contributed by atoms with Crippen LogP contribution in [-0.4, -0.2) is 30.1 Å². The van der Waals surface area contributed by atoms with E-state index in [2.05, 4.69) is 19.8 Å². The zero-order valence-electron chi connectivity index (χ0n) is 10.2. The molecule has 0 saturated heterocycles. The summed E-state index contributed by atoms with van der Waals surface area (Å²) in [6.45, 7) is 1.84. The third kappa shape index (κ3) is 3.48. The Labute approximate surface area is 110 Å². The van der Waals surface area contributed by atoms with Crippen molar-refractivity contribution in [3.05, 3.63) is 30.0 Å². The first-order valence-corrected chi connectivity index (χ1v) is 6.96. The summed E-state index contributed by atoms with van der Waals surface area (Å²) in [5, 5.41) is 3.67. The van der Waals surface area contributed by atoms with Crippen molar-refractivity contribution in [2.24, 2.45) is 0 Å².